The first-order valence-corrected chi connectivity index (χ1v) is 12.5. The number of anilines is 2. The van der Waals surface area contributed by atoms with Gasteiger partial charge in [0.2, 0.25) is 5.91 Å². The van der Waals surface area contributed by atoms with Gasteiger partial charge >= 0.3 is 6.03 Å². The van der Waals surface area contributed by atoms with Gasteiger partial charge in [0.05, 0.1) is 24.6 Å². The van der Waals surface area contributed by atoms with Gasteiger partial charge in [0, 0.05) is 26.1 Å². The molecule has 1 atom stereocenters. The summed E-state index contributed by atoms with van der Waals surface area (Å²) in [6.07, 6.45) is 1.25. The number of ether oxygens (including phenoxy) is 1. The van der Waals surface area contributed by atoms with Crippen molar-refractivity contribution < 1.29 is 14.3 Å². The Balaban J connectivity index is 1.45. The van der Waals surface area contributed by atoms with Gasteiger partial charge in [-0.2, -0.15) is 0 Å². The highest BCUT2D eigenvalue weighted by atomic mass is 16.5. The van der Waals surface area contributed by atoms with E-state index in [-0.39, 0.29) is 11.9 Å². The third-order valence-corrected chi connectivity index (χ3v) is 6.18. The van der Waals surface area contributed by atoms with E-state index in [2.05, 4.69) is 15.5 Å². The van der Waals surface area contributed by atoms with Crippen LogP contribution in [0.1, 0.15) is 12.0 Å². The molecule has 7 nitrogen and oxygen atoms in total. The van der Waals surface area contributed by atoms with Gasteiger partial charge in [0.1, 0.15) is 6.04 Å². The highest BCUT2D eigenvalue weighted by Crippen LogP contribution is 2.25. The number of urea groups is 1. The predicted octanol–water partition coefficient (Wildman–Crippen LogP) is 3.98. The van der Waals surface area contributed by atoms with Gasteiger partial charge in [-0.25, -0.2) is 4.79 Å². The Morgan fingerprint density at radius 1 is 0.833 bits per heavy atom. The Labute approximate surface area is 213 Å². The number of carbonyl (C=O) groups excluding carboxylic acids is 2. The Morgan fingerprint density at radius 2 is 1.39 bits per heavy atom. The molecular formula is C29H34N4O3. The molecular weight excluding hydrogens is 452 g/mol. The van der Waals surface area contributed by atoms with Gasteiger partial charge in [-0.1, -0.05) is 66.7 Å². The number of amides is 3. The number of benzene rings is 3. The first kappa shape index (κ1) is 25.4. The number of para-hydroxylation sites is 2. The van der Waals surface area contributed by atoms with Crippen LogP contribution < -0.4 is 15.5 Å². The maximum Gasteiger partial charge on any atom is 0.327 e. The van der Waals surface area contributed by atoms with Crippen LogP contribution in [0.15, 0.2) is 91.0 Å². The largest absolute Gasteiger partial charge is 0.379 e. The Morgan fingerprint density at radius 3 is 1.97 bits per heavy atom. The summed E-state index contributed by atoms with van der Waals surface area (Å²) in [4.78, 5) is 30.8. The van der Waals surface area contributed by atoms with Gasteiger partial charge < -0.3 is 15.4 Å². The monoisotopic (exact) mass is 486 g/mol. The molecule has 0 spiro atoms. The summed E-state index contributed by atoms with van der Waals surface area (Å²) in [5.41, 5.74) is 2.44. The van der Waals surface area contributed by atoms with E-state index in [1.807, 2.05) is 91.0 Å². The van der Waals surface area contributed by atoms with E-state index in [1.165, 1.54) is 0 Å². The molecule has 1 heterocycles. The third kappa shape index (κ3) is 7.41. The maximum atomic E-state index is 13.6. The molecule has 1 aliphatic heterocycles. The first-order valence-electron chi connectivity index (χ1n) is 12.5. The lowest BCUT2D eigenvalue weighted by atomic mass is 10.1. The lowest BCUT2D eigenvalue weighted by molar-refractivity contribution is -0.122. The van der Waals surface area contributed by atoms with Crippen LogP contribution in [0.4, 0.5) is 16.2 Å². The Hall–Kier alpha value is -3.68. The van der Waals surface area contributed by atoms with Crippen LogP contribution in [-0.2, 0) is 16.0 Å². The van der Waals surface area contributed by atoms with E-state index in [1.54, 1.807) is 4.90 Å². The highest BCUT2D eigenvalue weighted by molar-refractivity contribution is 6.01. The van der Waals surface area contributed by atoms with Crippen molar-refractivity contribution in [3.05, 3.63) is 96.6 Å². The molecule has 3 aromatic rings. The molecule has 0 unspecified atom stereocenters. The quantitative estimate of drug-likeness (QED) is 0.425. The first-order chi connectivity index (χ1) is 17.7. The van der Waals surface area contributed by atoms with Crippen LogP contribution in [0.2, 0.25) is 0 Å². The lowest BCUT2D eigenvalue weighted by Gasteiger charge is -2.27. The summed E-state index contributed by atoms with van der Waals surface area (Å²) < 4.78 is 5.40. The zero-order valence-electron chi connectivity index (χ0n) is 20.5. The number of carbonyl (C=O) groups is 2. The number of nitrogens with one attached hydrogen (secondary N) is 2. The van der Waals surface area contributed by atoms with E-state index in [9.17, 15) is 9.59 Å². The fourth-order valence-electron chi connectivity index (χ4n) is 4.27. The Bertz CT molecular complexity index is 1030. The van der Waals surface area contributed by atoms with Crippen LogP contribution >= 0.6 is 0 Å². The molecule has 2 N–H and O–H groups in total. The minimum atomic E-state index is -0.710. The van der Waals surface area contributed by atoms with Crippen molar-refractivity contribution in [3.8, 4) is 0 Å². The number of hydrogen-bond acceptors (Lipinski definition) is 4. The average Bonchev–Trinajstić information content (AvgIpc) is 2.93. The second-order valence-corrected chi connectivity index (χ2v) is 8.80. The molecule has 4 rings (SSSR count). The van der Waals surface area contributed by atoms with E-state index in [0.717, 1.165) is 56.2 Å². The van der Waals surface area contributed by atoms with Crippen molar-refractivity contribution in [2.75, 3.05) is 44.3 Å². The number of nitrogens with zero attached hydrogens (tertiary/aromatic N) is 2. The van der Waals surface area contributed by atoms with Gasteiger partial charge in [-0.15, -0.1) is 0 Å². The van der Waals surface area contributed by atoms with Crippen molar-refractivity contribution in [1.29, 1.82) is 0 Å². The molecule has 0 aromatic heterocycles. The second-order valence-electron chi connectivity index (χ2n) is 8.80. The summed E-state index contributed by atoms with van der Waals surface area (Å²) in [6.45, 7) is 4.84. The van der Waals surface area contributed by atoms with Crippen molar-refractivity contribution in [3.63, 3.8) is 0 Å². The molecule has 7 heteroatoms. The molecule has 0 saturated carbocycles. The van der Waals surface area contributed by atoms with Crippen LogP contribution in [0, 0.1) is 0 Å². The second kappa shape index (κ2) is 13.4. The SMILES string of the molecule is O=C(NCCCN1CCOCC1)[C@H](Cc1ccccc1)NC(=O)N(c1ccccc1)c1ccccc1. The minimum Gasteiger partial charge on any atom is -0.379 e. The summed E-state index contributed by atoms with van der Waals surface area (Å²) in [6, 6.07) is 27.6. The molecule has 36 heavy (non-hydrogen) atoms. The average molecular weight is 487 g/mol. The zero-order valence-corrected chi connectivity index (χ0v) is 20.5. The smallest absolute Gasteiger partial charge is 0.327 e. The van der Waals surface area contributed by atoms with Crippen molar-refractivity contribution in [2.45, 2.75) is 18.9 Å². The predicted molar refractivity (Wildman–Crippen MR) is 142 cm³/mol. The highest BCUT2D eigenvalue weighted by Gasteiger charge is 2.25. The summed E-state index contributed by atoms with van der Waals surface area (Å²) in [5, 5.41) is 6.04. The van der Waals surface area contributed by atoms with Gasteiger partial charge in [-0.05, 0) is 42.8 Å². The van der Waals surface area contributed by atoms with Crippen molar-refractivity contribution in [1.82, 2.24) is 15.5 Å². The summed E-state index contributed by atoms with van der Waals surface area (Å²) in [7, 11) is 0. The van der Waals surface area contributed by atoms with E-state index < -0.39 is 6.04 Å². The number of hydrogen-bond donors (Lipinski definition) is 2. The molecule has 1 saturated heterocycles. The zero-order chi connectivity index (χ0) is 25.0. The van der Waals surface area contributed by atoms with E-state index >= 15 is 0 Å². The third-order valence-electron chi connectivity index (χ3n) is 6.18. The standard InChI is InChI=1S/C29H34N4O3/c34-28(30-17-10-18-32-19-21-36-22-20-32)27(23-24-11-4-1-5-12-24)31-29(35)33(25-13-6-2-7-14-25)26-15-8-3-9-16-26/h1-9,11-16,27H,10,17-23H2,(H,30,34)(H,31,35)/t27-/m0/s1. The molecule has 188 valence electrons. The molecule has 0 bridgehead atoms. The minimum absolute atomic E-state index is 0.185. The topological polar surface area (TPSA) is 73.9 Å². The van der Waals surface area contributed by atoms with Gasteiger partial charge in [0.25, 0.3) is 0 Å². The van der Waals surface area contributed by atoms with Crippen LogP contribution in [0.25, 0.3) is 0 Å². The number of morpholine rings is 1. The van der Waals surface area contributed by atoms with Gasteiger partial charge in [-0.3, -0.25) is 14.6 Å². The summed E-state index contributed by atoms with van der Waals surface area (Å²) in [5.74, 6) is -0.185. The van der Waals surface area contributed by atoms with Crippen molar-refractivity contribution >= 4 is 23.3 Å². The molecule has 0 aliphatic carbocycles. The van der Waals surface area contributed by atoms with E-state index in [4.69, 9.17) is 4.74 Å². The van der Waals surface area contributed by atoms with Crippen molar-refractivity contribution in [2.24, 2.45) is 0 Å². The van der Waals surface area contributed by atoms with E-state index in [0.29, 0.717) is 13.0 Å². The van der Waals surface area contributed by atoms with Crippen LogP contribution in [0.5, 0.6) is 0 Å². The van der Waals surface area contributed by atoms with Crippen LogP contribution in [-0.4, -0.2) is 62.3 Å². The number of rotatable bonds is 10. The molecule has 1 aliphatic rings. The molecule has 3 aromatic carbocycles. The molecule has 0 radical (unpaired) electrons. The fourth-order valence-corrected chi connectivity index (χ4v) is 4.27. The Kier molecular flexibility index (Phi) is 9.47. The lowest BCUT2D eigenvalue weighted by Crippen LogP contribution is -2.51. The summed E-state index contributed by atoms with van der Waals surface area (Å²) >= 11 is 0. The molecule has 3 amide bonds. The molecule has 1 fully saturated rings. The van der Waals surface area contributed by atoms with Crippen LogP contribution in [0.3, 0.4) is 0 Å². The van der Waals surface area contributed by atoms with Gasteiger partial charge in [0.15, 0.2) is 0 Å². The fraction of sp³-hybridized carbons (Fsp3) is 0.310. The normalized spacial score (nSPS) is 14.6. The maximum absolute atomic E-state index is 13.6.